The largest absolute Gasteiger partial charge is 0.366 e. The Morgan fingerprint density at radius 3 is 2.75 bits per heavy atom. The highest BCUT2D eigenvalue weighted by Crippen LogP contribution is 2.37. The molecule has 0 spiro atoms. The average molecular weight is 292 g/mol. The maximum atomic E-state index is 11.2. The smallest absolute Gasteiger partial charge is 0.248 e. The van der Waals surface area contributed by atoms with Crippen LogP contribution < -0.4 is 11.1 Å². The van der Waals surface area contributed by atoms with Crippen LogP contribution >= 0.6 is 11.8 Å². The third-order valence-corrected chi connectivity index (χ3v) is 5.60. The molecule has 0 bridgehead atoms. The zero-order valence-electron chi connectivity index (χ0n) is 12.2. The van der Waals surface area contributed by atoms with Crippen molar-refractivity contribution in [2.24, 2.45) is 5.73 Å². The molecule has 0 aromatic heterocycles. The first-order valence-corrected chi connectivity index (χ1v) is 8.52. The summed E-state index contributed by atoms with van der Waals surface area (Å²) in [5, 5.41) is 3.56. The second-order valence-corrected chi connectivity index (χ2v) is 6.89. The lowest BCUT2D eigenvalue weighted by Gasteiger charge is -2.36. The van der Waals surface area contributed by atoms with Gasteiger partial charge in [-0.05, 0) is 36.8 Å². The van der Waals surface area contributed by atoms with Crippen molar-refractivity contribution >= 4 is 17.7 Å². The van der Waals surface area contributed by atoms with E-state index in [-0.39, 0.29) is 5.91 Å². The monoisotopic (exact) mass is 292 g/mol. The van der Waals surface area contributed by atoms with Gasteiger partial charge < -0.3 is 11.1 Å². The quantitative estimate of drug-likeness (QED) is 0.847. The Hall–Kier alpha value is -1.00. The Labute approximate surface area is 125 Å². The van der Waals surface area contributed by atoms with Crippen molar-refractivity contribution in [3.8, 4) is 0 Å². The van der Waals surface area contributed by atoms with Crippen LogP contribution in [0.5, 0.6) is 0 Å². The minimum atomic E-state index is -0.361. The number of hydrogen-bond acceptors (Lipinski definition) is 3. The predicted molar refractivity (Wildman–Crippen MR) is 86.0 cm³/mol. The number of benzene rings is 1. The predicted octanol–water partition coefficient (Wildman–Crippen LogP) is 2.94. The molecule has 0 aliphatic heterocycles. The van der Waals surface area contributed by atoms with Crippen molar-refractivity contribution in [1.82, 2.24) is 5.32 Å². The fourth-order valence-electron chi connectivity index (χ4n) is 2.92. The summed E-state index contributed by atoms with van der Waals surface area (Å²) in [7, 11) is 0. The molecule has 1 aliphatic carbocycles. The van der Waals surface area contributed by atoms with Crippen LogP contribution in [-0.4, -0.2) is 23.5 Å². The van der Waals surface area contributed by atoms with Crippen molar-refractivity contribution in [3.05, 3.63) is 35.4 Å². The van der Waals surface area contributed by atoms with Gasteiger partial charge in [-0.15, -0.1) is 0 Å². The third-order valence-electron chi connectivity index (χ3n) is 4.19. The molecule has 4 heteroatoms. The van der Waals surface area contributed by atoms with E-state index in [0.717, 1.165) is 18.7 Å². The molecule has 1 aliphatic rings. The van der Waals surface area contributed by atoms with Crippen molar-refractivity contribution in [1.29, 1.82) is 0 Å². The van der Waals surface area contributed by atoms with E-state index >= 15 is 0 Å². The first kappa shape index (κ1) is 15.4. The maximum absolute atomic E-state index is 11.2. The van der Waals surface area contributed by atoms with Gasteiger partial charge in [0, 0.05) is 23.4 Å². The number of carbonyl (C=O) groups is 1. The van der Waals surface area contributed by atoms with E-state index in [0.29, 0.717) is 10.3 Å². The minimum absolute atomic E-state index is 0.361. The van der Waals surface area contributed by atoms with Crippen LogP contribution in [0.3, 0.4) is 0 Å². The standard InChI is InChI=1S/C16H24N2OS/c1-20-16(8-3-2-4-9-16)12-18-11-13-6-5-7-14(10-13)15(17)19/h5-7,10,18H,2-4,8-9,11-12H2,1H3,(H2,17,19). The summed E-state index contributed by atoms with van der Waals surface area (Å²) >= 11 is 2.00. The van der Waals surface area contributed by atoms with Gasteiger partial charge >= 0.3 is 0 Å². The van der Waals surface area contributed by atoms with Gasteiger partial charge in [0.1, 0.15) is 0 Å². The summed E-state index contributed by atoms with van der Waals surface area (Å²) in [5.74, 6) is -0.361. The van der Waals surface area contributed by atoms with Crippen LogP contribution in [0.25, 0.3) is 0 Å². The molecule has 0 unspecified atom stereocenters. The molecule has 1 aromatic carbocycles. The Kier molecular flexibility index (Phi) is 5.49. The Balaban J connectivity index is 1.88. The maximum Gasteiger partial charge on any atom is 0.248 e. The lowest BCUT2D eigenvalue weighted by atomic mass is 9.88. The molecule has 1 saturated carbocycles. The van der Waals surface area contributed by atoms with Crippen LogP contribution in [0.2, 0.25) is 0 Å². The van der Waals surface area contributed by atoms with E-state index in [2.05, 4.69) is 11.6 Å². The molecule has 0 saturated heterocycles. The van der Waals surface area contributed by atoms with Crippen LogP contribution in [0, 0.1) is 0 Å². The molecule has 0 heterocycles. The summed E-state index contributed by atoms with van der Waals surface area (Å²) in [6.45, 7) is 1.83. The molecule has 0 atom stereocenters. The highest BCUT2D eigenvalue weighted by Gasteiger charge is 2.30. The van der Waals surface area contributed by atoms with E-state index in [9.17, 15) is 4.79 Å². The highest BCUT2D eigenvalue weighted by molar-refractivity contribution is 8.00. The third kappa shape index (κ3) is 4.00. The summed E-state index contributed by atoms with van der Waals surface area (Å²) in [6, 6.07) is 7.56. The number of amides is 1. The lowest BCUT2D eigenvalue weighted by molar-refractivity contribution is 0.1000. The fraction of sp³-hybridized carbons (Fsp3) is 0.562. The van der Waals surface area contributed by atoms with E-state index in [1.807, 2.05) is 30.0 Å². The number of nitrogens with one attached hydrogen (secondary N) is 1. The SMILES string of the molecule is CSC1(CNCc2cccc(C(N)=O)c2)CCCCC1. The molecule has 1 amide bonds. The van der Waals surface area contributed by atoms with Gasteiger partial charge in [0.25, 0.3) is 0 Å². The van der Waals surface area contributed by atoms with Gasteiger partial charge in [0.15, 0.2) is 0 Å². The van der Waals surface area contributed by atoms with E-state index < -0.39 is 0 Å². The Morgan fingerprint density at radius 1 is 1.35 bits per heavy atom. The molecule has 2 rings (SSSR count). The lowest BCUT2D eigenvalue weighted by Crippen LogP contribution is -2.39. The van der Waals surface area contributed by atoms with Gasteiger partial charge in [0.05, 0.1) is 0 Å². The summed E-state index contributed by atoms with van der Waals surface area (Å²) in [4.78, 5) is 11.2. The molecule has 1 fully saturated rings. The summed E-state index contributed by atoms with van der Waals surface area (Å²) < 4.78 is 0.402. The topological polar surface area (TPSA) is 55.1 Å². The zero-order chi connectivity index (χ0) is 14.4. The number of thioether (sulfide) groups is 1. The molecular formula is C16H24N2OS. The number of primary amides is 1. The van der Waals surface area contributed by atoms with Gasteiger partial charge in [-0.3, -0.25) is 4.79 Å². The van der Waals surface area contributed by atoms with Gasteiger partial charge in [0.2, 0.25) is 5.91 Å². The van der Waals surface area contributed by atoms with E-state index in [1.54, 1.807) is 6.07 Å². The van der Waals surface area contributed by atoms with Crippen molar-refractivity contribution in [2.45, 2.75) is 43.4 Å². The van der Waals surface area contributed by atoms with Crippen LogP contribution in [0.15, 0.2) is 24.3 Å². The molecule has 110 valence electrons. The normalized spacial score (nSPS) is 17.9. The second-order valence-electron chi connectivity index (χ2n) is 5.62. The fourth-order valence-corrected chi connectivity index (χ4v) is 3.86. The average Bonchev–Trinajstić information content (AvgIpc) is 2.48. The highest BCUT2D eigenvalue weighted by atomic mass is 32.2. The van der Waals surface area contributed by atoms with Crippen LogP contribution in [0.1, 0.15) is 48.0 Å². The molecule has 1 aromatic rings. The zero-order valence-corrected chi connectivity index (χ0v) is 13.0. The number of nitrogens with two attached hydrogens (primary N) is 1. The number of rotatable bonds is 6. The number of hydrogen-bond donors (Lipinski definition) is 2. The minimum Gasteiger partial charge on any atom is -0.366 e. The first-order valence-electron chi connectivity index (χ1n) is 7.30. The first-order chi connectivity index (χ1) is 9.65. The molecule has 3 N–H and O–H groups in total. The van der Waals surface area contributed by atoms with E-state index in [4.69, 9.17) is 5.73 Å². The molecule has 0 radical (unpaired) electrons. The Morgan fingerprint density at radius 2 is 2.10 bits per heavy atom. The van der Waals surface area contributed by atoms with Gasteiger partial charge in [-0.25, -0.2) is 0 Å². The molecular weight excluding hydrogens is 268 g/mol. The van der Waals surface area contributed by atoms with Crippen LogP contribution in [0.4, 0.5) is 0 Å². The van der Waals surface area contributed by atoms with Crippen molar-refractivity contribution in [2.75, 3.05) is 12.8 Å². The Bertz CT molecular complexity index is 456. The van der Waals surface area contributed by atoms with Gasteiger partial charge in [-0.1, -0.05) is 31.4 Å². The van der Waals surface area contributed by atoms with E-state index in [1.165, 1.54) is 32.1 Å². The molecule has 20 heavy (non-hydrogen) atoms. The molecule has 3 nitrogen and oxygen atoms in total. The summed E-state index contributed by atoms with van der Waals surface area (Å²) in [6.07, 6.45) is 8.91. The second kappa shape index (κ2) is 7.14. The van der Waals surface area contributed by atoms with Crippen molar-refractivity contribution in [3.63, 3.8) is 0 Å². The van der Waals surface area contributed by atoms with Crippen molar-refractivity contribution < 1.29 is 4.79 Å². The number of carbonyl (C=O) groups excluding carboxylic acids is 1. The van der Waals surface area contributed by atoms with Crippen LogP contribution in [-0.2, 0) is 6.54 Å². The van der Waals surface area contributed by atoms with Gasteiger partial charge in [-0.2, -0.15) is 11.8 Å². The summed E-state index contributed by atoms with van der Waals surface area (Å²) in [5.41, 5.74) is 7.01.